The fourth-order valence-electron chi connectivity index (χ4n) is 2.13. The Hall–Kier alpha value is -2.30. The van der Waals surface area contributed by atoms with Crippen LogP contribution in [0.15, 0.2) is 35.2 Å². The van der Waals surface area contributed by atoms with E-state index in [-0.39, 0.29) is 0 Å². The van der Waals surface area contributed by atoms with Crippen LogP contribution in [-0.4, -0.2) is 32.5 Å². The molecular weight excluding hydrogens is 306 g/mol. The highest BCUT2D eigenvalue weighted by Crippen LogP contribution is 2.17. The summed E-state index contributed by atoms with van der Waals surface area (Å²) >= 11 is 0. The van der Waals surface area contributed by atoms with E-state index in [4.69, 9.17) is 14.3 Å². The molecule has 0 aliphatic rings. The minimum Gasteiger partial charge on any atom is -0.504 e. The first kappa shape index (κ1) is 19.7. The molecule has 0 atom stereocenters. The summed E-state index contributed by atoms with van der Waals surface area (Å²) in [6, 6.07) is 6.03. The number of benzene rings is 1. The average Bonchev–Trinajstić information content (AvgIpc) is 2.59. The number of rotatable bonds is 9. The second-order valence-electron chi connectivity index (χ2n) is 5.55. The normalized spacial score (nSPS) is 12.0. The van der Waals surface area contributed by atoms with Crippen molar-refractivity contribution < 1.29 is 19.1 Å². The van der Waals surface area contributed by atoms with Gasteiger partial charge in [-0.15, -0.1) is 0 Å². The molecule has 132 valence electrons. The molecule has 0 amide bonds. The van der Waals surface area contributed by atoms with Gasteiger partial charge in [-0.25, -0.2) is 4.79 Å². The predicted octanol–water partition coefficient (Wildman–Crippen LogP) is 3.78. The van der Waals surface area contributed by atoms with Gasteiger partial charge in [-0.05, 0) is 43.0 Å². The Bertz CT molecular complexity index is 605. The lowest BCUT2D eigenvalue weighted by Crippen LogP contribution is -2.09. The molecule has 0 fully saturated rings. The van der Waals surface area contributed by atoms with Crippen molar-refractivity contribution in [1.29, 1.82) is 0 Å². The van der Waals surface area contributed by atoms with Crippen molar-refractivity contribution in [3.63, 3.8) is 0 Å². The molecule has 5 nitrogen and oxygen atoms in total. The van der Waals surface area contributed by atoms with E-state index in [9.17, 15) is 4.79 Å². The van der Waals surface area contributed by atoms with E-state index in [2.05, 4.69) is 12.1 Å². The van der Waals surface area contributed by atoms with Gasteiger partial charge in [-0.1, -0.05) is 30.6 Å². The van der Waals surface area contributed by atoms with Gasteiger partial charge in [0.25, 0.3) is 0 Å². The average molecular weight is 333 g/mol. The molecule has 5 heteroatoms. The summed E-state index contributed by atoms with van der Waals surface area (Å²) in [5.74, 6) is -0.394. The number of carbonyl (C=O) groups excluding carboxylic acids is 1. The Balaban J connectivity index is 2.96. The van der Waals surface area contributed by atoms with Crippen LogP contribution in [0.25, 0.3) is 0 Å². The number of aryl methyl sites for hydroxylation is 1. The van der Waals surface area contributed by atoms with E-state index in [1.54, 1.807) is 0 Å². The number of oxime groups is 1. The zero-order valence-corrected chi connectivity index (χ0v) is 15.2. The molecule has 1 aromatic rings. The van der Waals surface area contributed by atoms with Crippen LogP contribution >= 0.6 is 0 Å². The van der Waals surface area contributed by atoms with Crippen LogP contribution in [0, 0.1) is 6.92 Å². The van der Waals surface area contributed by atoms with Gasteiger partial charge in [0.05, 0.1) is 31.8 Å². The van der Waals surface area contributed by atoms with Gasteiger partial charge < -0.3 is 14.3 Å². The van der Waals surface area contributed by atoms with E-state index < -0.39 is 5.97 Å². The Morgan fingerprint density at radius 2 is 2.04 bits per heavy atom. The SMILES string of the molecule is CCCCO/N=C(\C)c1ccc(C)c(C/C(=C\OC)C(=O)OC)c1. The summed E-state index contributed by atoms with van der Waals surface area (Å²) in [7, 11) is 2.87. The van der Waals surface area contributed by atoms with Gasteiger partial charge in [-0.3, -0.25) is 0 Å². The van der Waals surface area contributed by atoms with Crippen molar-refractivity contribution in [2.75, 3.05) is 20.8 Å². The van der Waals surface area contributed by atoms with Crippen molar-refractivity contribution in [2.45, 2.75) is 40.0 Å². The molecule has 0 aliphatic carbocycles. The third kappa shape index (κ3) is 6.07. The number of hydrogen-bond acceptors (Lipinski definition) is 5. The molecule has 0 spiro atoms. The maximum atomic E-state index is 11.8. The number of unbranched alkanes of at least 4 members (excludes halogenated alkanes) is 1. The summed E-state index contributed by atoms with van der Waals surface area (Å²) < 4.78 is 9.79. The Morgan fingerprint density at radius 1 is 1.29 bits per heavy atom. The van der Waals surface area contributed by atoms with Gasteiger partial charge in [0.15, 0.2) is 0 Å². The molecule has 1 aromatic carbocycles. The standard InChI is InChI=1S/C19H27NO4/c1-6-7-10-24-20-15(3)16-9-8-14(2)17(11-16)12-18(13-22-4)19(21)23-5/h8-9,11,13H,6-7,10,12H2,1-5H3/b18-13+,20-15+. The maximum Gasteiger partial charge on any atom is 0.337 e. The first-order chi connectivity index (χ1) is 11.5. The lowest BCUT2D eigenvalue weighted by atomic mass is 9.97. The zero-order valence-electron chi connectivity index (χ0n) is 15.2. The number of esters is 1. The molecule has 0 saturated carbocycles. The highest BCUT2D eigenvalue weighted by Gasteiger charge is 2.13. The summed E-state index contributed by atoms with van der Waals surface area (Å²) in [5.41, 5.74) is 4.35. The Labute approximate surface area is 144 Å². The Morgan fingerprint density at radius 3 is 2.67 bits per heavy atom. The van der Waals surface area contributed by atoms with Crippen LogP contribution in [-0.2, 0) is 25.5 Å². The summed E-state index contributed by atoms with van der Waals surface area (Å²) in [6.07, 6.45) is 3.92. The molecule has 0 saturated heterocycles. The molecule has 24 heavy (non-hydrogen) atoms. The number of nitrogens with zero attached hydrogens (tertiary/aromatic N) is 1. The zero-order chi connectivity index (χ0) is 17.9. The maximum absolute atomic E-state index is 11.8. The third-order valence-electron chi connectivity index (χ3n) is 3.65. The predicted molar refractivity (Wildman–Crippen MR) is 95.1 cm³/mol. The van der Waals surface area contributed by atoms with Crippen LogP contribution in [0.3, 0.4) is 0 Å². The minimum absolute atomic E-state index is 0.394. The van der Waals surface area contributed by atoms with Crippen molar-refractivity contribution in [3.05, 3.63) is 46.7 Å². The van der Waals surface area contributed by atoms with Crippen LogP contribution in [0.2, 0.25) is 0 Å². The molecule has 0 aromatic heterocycles. The number of carbonyl (C=O) groups is 1. The molecule has 0 radical (unpaired) electrons. The van der Waals surface area contributed by atoms with E-state index in [0.717, 1.165) is 35.2 Å². The first-order valence-corrected chi connectivity index (χ1v) is 8.10. The molecule has 1 rings (SSSR count). The van der Waals surface area contributed by atoms with Crippen LogP contribution < -0.4 is 0 Å². The van der Waals surface area contributed by atoms with Gasteiger partial charge >= 0.3 is 5.97 Å². The lowest BCUT2D eigenvalue weighted by molar-refractivity contribution is -0.136. The second-order valence-corrected chi connectivity index (χ2v) is 5.55. The van der Waals surface area contributed by atoms with Gasteiger partial charge in [0, 0.05) is 6.42 Å². The second kappa shape index (κ2) is 10.5. The van der Waals surface area contributed by atoms with Crippen LogP contribution in [0.5, 0.6) is 0 Å². The topological polar surface area (TPSA) is 57.1 Å². The minimum atomic E-state index is -0.394. The molecular formula is C19H27NO4. The van der Waals surface area contributed by atoms with Gasteiger partial charge in [-0.2, -0.15) is 0 Å². The molecule has 0 unspecified atom stereocenters. The summed E-state index contributed by atoms with van der Waals surface area (Å²) in [4.78, 5) is 17.1. The fraction of sp³-hybridized carbons (Fsp3) is 0.474. The third-order valence-corrected chi connectivity index (χ3v) is 3.65. The van der Waals surface area contributed by atoms with E-state index in [1.165, 1.54) is 20.5 Å². The highest BCUT2D eigenvalue weighted by molar-refractivity contribution is 5.98. The van der Waals surface area contributed by atoms with Crippen molar-refractivity contribution in [1.82, 2.24) is 0 Å². The monoisotopic (exact) mass is 333 g/mol. The molecule has 0 aliphatic heterocycles. The fourth-order valence-corrected chi connectivity index (χ4v) is 2.13. The quantitative estimate of drug-likeness (QED) is 0.172. The number of ether oxygens (including phenoxy) is 2. The van der Waals surface area contributed by atoms with Crippen molar-refractivity contribution in [3.8, 4) is 0 Å². The first-order valence-electron chi connectivity index (χ1n) is 8.10. The van der Waals surface area contributed by atoms with E-state index in [0.29, 0.717) is 18.6 Å². The lowest BCUT2D eigenvalue weighted by Gasteiger charge is -2.11. The van der Waals surface area contributed by atoms with Crippen molar-refractivity contribution >= 4 is 11.7 Å². The highest BCUT2D eigenvalue weighted by atomic mass is 16.6. The molecule has 0 bridgehead atoms. The van der Waals surface area contributed by atoms with E-state index in [1.807, 2.05) is 32.0 Å². The van der Waals surface area contributed by atoms with Crippen molar-refractivity contribution in [2.24, 2.45) is 5.16 Å². The number of hydrogen-bond donors (Lipinski definition) is 0. The van der Waals surface area contributed by atoms with Crippen LogP contribution in [0.1, 0.15) is 43.4 Å². The Kier molecular flexibility index (Phi) is 8.61. The van der Waals surface area contributed by atoms with E-state index >= 15 is 0 Å². The smallest absolute Gasteiger partial charge is 0.337 e. The summed E-state index contributed by atoms with van der Waals surface area (Å²) in [5, 5.41) is 4.16. The molecule has 0 heterocycles. The van der Waals surface area contributed by atoms with Gasteiger partial charge in [0.1, 0.15) is 6.61 Å². The van der Waals surface area contributed by atoms with Gasteiger partial charge in [0.2, 0.25) is 0 Å². The van der Waals surface area contributed by atoms with Crippen LogP contribution in [0.4, 0.5) is 0 Å². The largest absolute Gasteiger partial charge is 0.504 e. The number of methoxy groups -OCH3 is 2. The molecule has 0 N–H and O–H groups in total. The summed E-state index contributed by atoms with van der Waals surface area (Å²) in [6.45, 7) is 6.64.